The first kappa shape index (κ1) is 35.3. The van der Waals surface area contributed by atoms with Crippen molar-refractivity contribution in [2.24, 2.45) is 28.6 Å². The molecule has 5 N–H and O–H groups in total. The van der Waals surface area contributed by atoms with Crippen molar-refractivity contribution in [1.29, 1.82) is 0 Å². The highest BCUT2D eigenvalue weighted by Gasteiger charge is 2.68. The van der Waals surface area contributed by atoms with Crippen molar-refractivity contribution in [1.82, 2.24) is 5.32 Å². The van der Waals surface area contributed by atoms with Crippen molar-refractivity contribution in [2.45, 2.75) is 95.5 Å². The van der Waals surface area contributed by atoms with Crippen LogP contribution in [0.1, 0.15) is 83.3 Å². The van der Waals surface area contributed by atoms with Gasteiger partial charge in [-0.2, -0.15) is 0 Å². The number of carboxylic acid groups (broad SMARTS) is 1. The molecule has 0 spiro atoms. The molecule has 0 aromatic heterocycles. The summed E-state index contributed by atoms with van der Waals surface area (Å²) in [4.78, 5) is 72.7. The Balaban J connectivity index is 1.16. The van der Waals surface area contributed by atoms with Crippen LogP contribution in [0.5, 0.6) is 0 Å². The van der Waals surface area contributed by atoms with Gasteiger partial charge in [0.2, 0.25) is 11.7 Å². The maximum absolute atomic E-state index is 13.5. The number of benzene rings is 1. The van der Waals surface area contributed by atoms with Crippen LogP contribution in [0, 0.1) is 38.7 Å². The molecule has 3 fully saturated rings. The first-order valence-electron chi connectivity index (χ1n) is 16.3. The Morgan fingerprint density at radius 3 is 2.54 bits per heavy atom. The second-order valence-electron chi connectivity index (χ2n) is 14.2. The van der Waals surface area contributed by atoms with E-state index in [1.165, 1.54) is 12.1 Å². The minimum Gasteiger partial charge on any atom is -0.480 e. The summed E-state index contributed by atoms with van der Waals surface area (Å²) >= 11 is 0. The number of amides is 1. The first-order valence-corrected chi connectivity index (χ1v) is 16.3. The van der Waals surface area contributed by atoms with Crippen LogP contribution in [-0.2, 0) is 28.7 Å². The van der Waals surface area contributed by atoms with Gasteiger partial charge in [0.05, 0.1) is 17.4 Å². The molecule has 4 aliphatic rings. The number of nitrogens with zero attached hydrogens (tertiary/aromatic N) is 1. The van der Waals surface area contributed by atoms with Gasteiger partial charge in [-0.25, -0.2) is 4.79 Å². The molecular weight excluding hydrogens is 628 g/mol. The highest BCUT2D eigenvalue weighted by atomic mass is 16.6. The zero-order valence-electron chi connectivity index (χ0n) is 26.9. The van der Waals surface area contributed by atoms with Crippen LogP contribution in [0.4, 0.5) is 5.69 Å². The van der Waals surface area contributed by atoms with Gasteiger partial charge in [0.15, 0.2) is 18.4 Å². The number of aliphatic hydroxyl groups excluding tert-OH is 2. The number of nitro benzene ring substituents is 1. The summed E-state index contributed by atoms with van der Waals surface area (Å²) < 4.78 is 5.13. The Kier molecular flexibility index (Phi) is 9.65. The number of rotatable bonds is 11. The lowest BCUT2D eigenvalue weighted by Gasteiger charge is -2.60. The fourth-order valence-corrected chi connectivity index (χ4v) is 9.24. The Hall–Kier alpha value is -4.01. The van der Waals surface area contributed by atoms with E-state index >= 15 is 0 Å². The van der Waals surface area contributed by atoms with E-state index in [9.17, 15) is 54.5 Å². The number of ketones is 2. The molecule has 4 aliphatic carbocycles. The molecule has 0 saturated heterocycles. The van der Waals surface area contributed by atoms with Crippen molar-refractivity contribution in [3.63, 3.8) is 0 Å². The molecule has 0 bridgehead atoms. The first-order chi connectivity index (χ1) is 22.5. The Morgan fingerprint density at radius 2 is 1.85 bits per heavy atom. The maximum Gasteiger partial charge on any atom is 0.329 e. The summed E-state index contributed by atoms with van der Waals surface area (Å²) in [6.07, 6.45) is 1.46. The van der Waals surface area contributed by atoms with E-state index in [0.29, 0.717) is 19.3 Å². The second kappa shape index (κ2) is 13.1. The largest absolute Gasteiger partial charge is 0.480 e. The molecule has 14 heteroatoms. The molecule has 5 rings (SSSR count). The Labute approximate surface area is 276 Å². The van der Waals surface area contributed by atoms with Gasteiger partial charge in [0, 0.05) is 30.4 Å². The number of carbonyl (C=O) groups is 5. The Morgan fingerprint density at radius 1 is 1.12 bits per heavy atom. The van der Waals surface area contributed by atoms with Crippen LogP contribution in [0.3, 0.4) is 0 Å². The molecule has 0 unspecified atom stereocenters. The summed E-state index contributed by atoms with van der Waals surface area (Å²) in [5.74, 6) is -4.19. The molecule has 3 saturated carbocycles. The number of hydrogen-bond acceptors (Lipinski definition) is 11. The number of non-ortho nitro benzene ring substituents is 1. The van der Waals surface area contributed by atoms with E-state index in [0.717, 1.165) is 30.5 Å². The normalized spacial score (nSPS) is 33.6. The van der Waals surface area contributed by atoms with Crippen LogP contribution in [0.2, 0.25) is 0 Å². The summed E-state index contributed by atoms with van der Waals surface area (Å²) in [5.41, 5.74) is -2.56. The van der Waals surface area contributed by atoms with Gasteiger partial charge in [-0.3, -0.25) is 29.3 Å². The van der Waals surface area contributed by atoms with Gasteiger partial charge in [-0.1, -0.05) is 31.6 Å². The lowest BCUT2D eigenvalue weighted by atomic mass is 9.45. The third-order valence-electron chi connectivity index (χ3n) is 11.8. The number of nitrogens with one attached hydrogen (secondary N) is 1. The molecule has 1 aromatic rings. The van der Waals surface area contributed by atoms with Crippen LogP contribution in [0.25, 0.3) is 0 Å². The molecule has 260 valence electrons. The SMILES string of the molecule is C[C@]12CCC(=O)C=C1CC[C@@H]1[C@@H]2[C@@H](O)C[C@@]2(C)[C@H]1CC[C@]2(O)C(=O)COC(=O)CCC(=O)N[C@H](C(=O)O)[C@H](O)c1cccc([N+](=O)[O-])c1. The molecule has 9 atom stereocenters. The number of esters is 1. The number of Topliss-reactive ketones (excluding diaryl/α,β-unsaturated/α-hetero) is 1. The zero-order chi connectivity index (χ0) is 35.2. The van der Waals surface area contributed by atoms with Gasteiger partial charge in [0.25, 0.3) is 5.69 Å². The van der Waals surface area contributed by atoms with Crippen molar-refractivity contribution in [3.05, 3.63) is 51.6 Å². The molecule has 1 aromatic carbocycles. The summed E-state index contributed by atoms with van der Waals surface area (Å²) in [6, 6.07) is 2.79. The molecule has 1 amide bonds. The minimum absolute atomic E-state index is 0.0437. The highest BCUT2D eigenvalue weighted by molar-refractivity contribution is 5.92. The number of allylic oxidation sites excluding steroid dienone is 1. The van der Waals surface area contributed by atoms with Crippen LogP contribution in [0.15, 0.2) is 35.9 Å². The number of carboxylic acids is 1. The molecule has 14 nitrogen and oxygen atoms in total. The number of hydrogen-bond donors (Lipinski definition) is 5. The summed E-state index contributed by atoms with van der Waals surface area (Å²) in [7, 11) is 0. The second-order valence-corrected chi connectivity index (χ2v) is 14.2. The average molecular weight is 671 g/mol. The Bertz CT molecular complexity index is 1560. The number of ether oxygens (including phenoxy) is 1. The quantitative estimate of drug-likeness (QED) is 0.130. The average Bonchev–Trinajstić information content (AvgIpc) is 3.31. The van der Waals surface area contributed by atoms with E-state index in [4.69, 9.17) is 4.74 Å². The van der Waals surface area contributed by atoms with E-state index in [2.05, 4.69) is 12.2 Å². The predicted octanol–water partition coefficient (Wildman–Crippen LogP) is 2.32. The third-order valence-corrected chi connectivity index (χ3v) is 11.8. The number of carbonyl (C=O) groups excluding carboxylic acids is 4. The van der Waals surface area contributed by atoms with Crippen molar-refractivity contribution < 1.29 is 54.1 Å². The predicted molar refractivity (Wildman–Crippen MR) is 166 cm³/mol. The van der Waals surface area contributed by atoms with Crippen LogP contribution in [-0.4, -0.2) is 79.1 Å². The molecule has 0 aliphatic heterocycles. The maximum atomic E-state index is 13.5. The minimum atomic E-state index is -1.87. The number of fused-ring (bicyclic) bond motifs is 5. The number of nitro groups is 1. The van der Waals surface area contributed by atoms with Gasteiger partial charge < -0.3 is 30.5 Å². The fraction of sp³-hybridized carbons (Fsp3) is 0.618. The van der Waals surface area contributed by atoms with Crippen molar-refractivity contribution in [3.8, 4) is 0 Å². The number of aliphatic hydroxyl groups is 3. The van der Waals surface area contributed by atoms with Crippen LogP contribution >= 0.6 is 0 Å². The van der Waals surface area contributed by atoms with E-state index < -0.39 is 77.3 Å². The zero-order valence-corrected chi connectivity index (χ0v) is 26.9. The van der Waals surface area contributed by atoms with E-state index in [-0.39, 0.29) is 53.0 Å². The molecule has 0 radical (unpaired) electrons. The van der Waals surface area contributed by atoms with Gasteiger partial charge in [-0.15, -0.1) is 0 Å². The fourth-order valence-electron chi connectivity index (χ4n) is 9.24. The van der Waals surface area contributed by atoms with E-state index in [1.54, 1.807) is 6.08 Å². The van der Waals surface area contributed by atoms with Gasteiger partial charge in [-0.05, 0) is 73.3 Å². The van der Waals surface area contributed by atoms with Crippen molar-refractivity contribution in [2.75, 3.05) is 6.61 Å². The summed E-state index contributed by atoms with van der Waals surface area (Å²) in [6.45, 7) is 3.17. The molecular formula is C34H42N2O12. The monoisotopic (exact) mass is 670 g/mol. The molecule has 0 heterocycles. The highest BCUT2D eigenvalue weighted by Crippen LogP contribution is 2.67. The number of aliphatic carboxylic acids is 1. The topological polar surface area (TPSA) is 231 Å². The summed E-state index contributed by atoms with van der Waals surface area (Å²) in [5, 5.41) is 56.6. The lowest BCUT2D eigenvalue weighted by Crippen LogP contribution is -2.62. The van der Waals surface area contributed by atoms with Crippen LogP contribution < -0.4 is 5.32 Å². The van der Waals surface area contributed by atoms with Gasteiger partial charge >= 0.3 is 11.9 Å². The lowest BCUT2D eigenvalue weighted by molar-refractivity contribution is -0.385. The van der Waals surface area contributed by atoms with E-state index in [1.807, 2.05) is 6.92 Å². The standard InChI is InChI=1S/C34H42N2O12/c1-32-12-10-21(37)15-19(32)6-7-22-23-11-13-34(45,33(23,2)16-24(38)28(22)32)25(39)17-48-27(41)9-8-26(40)35-29(31(43)44)30(42)18-4-3-5-20(14-18)36(46)47/h3-5,14-15,22-24,28-30,38,42,45H,6-13,16-17H2,1-2H3,(H,35,40)(H,43,44)/t22-,23-,24-,28+,29-,30+,32-,33-,34-/m0/s1. The van der Waals surface area contributed by atoms with Crippen molar-refractivity contribution >= 4 is 35.1 Å². The third kappa shape index (κ3) is 6.16. The van der Waals surface area contributed by atoms with Gasteiger partial charge in [0.1, 0.15) is 11.7 Å². The smallest absolute Gasteiger partial charge is 0.329 e. The molecule has 48 heavy (non-hydrogen) atoms.